The van der Waals surface area contributed by atoms with Gasteiger partial charge in [-0.15, -0.1) is 0 Å². The van der Waals surface area contributed by atoms with Gasteiger partial charge in [-0.2, -0.15) is 0 Å². The quantitative estimate of drug-likeness (QED) is 0.525. The van der Waals surface area contributed by atoms with Gasteiger partial charge in [0.25, 0.3) is 15.9 Å². The van der Waals surface area contributed by atoms with E-state index < -0.39 is 15.9 Å². The topological polar surface area (TPSA) is 94.2 Å². The predicted octanol–water partition coefficient (Wildman–Crippen LogP) is 3.69. The molecule has 1 saturated carbocycles. The number of nitrogens with one attached hydrogen (secondary N) is 1. The van der Waals surface area contributed by atoms with Crippen molar-refractivity contribution in [1.29, 1.82) is 0 Å². The Balaban J connectivity index is 1.41. The van der Waals surface area contributed by atoms with Gasteiger partial charge in [-0.25, -0.2) is 13.1 Å². The minimum absolute atomic E-state index is 0.0329. The first-order chi connectivity index (χ1) is 18.3. The third-order valence-corrected chi connectivity index (χ3v) is 10.1. The summed E-state index contributed by atoms with van der Waals surface area (Å²) in [5, 5.41) is 0.739. The average Bonchev–Trinajstić information content (AvgIpc) is 3.02. The molecule has 1 spiro atoms. The van der Waals surface area contributed by atoms with Gasteiger partial charge in [0.1, 0.15) is 12.4 Å². The van der Waals surface area contributed by atoms with Gasteiger partial charge in [0, 0.05) is 30.1 Å². The smallest absolute Gasteiger partial charge is 0.264 e. The van der Waals surface area contributed by atoms with Gasteiger partial charge in [0.05, 0.1) is 30.4 Å². The molecule has 2 heterocycles. The number of amides is 1. The minimum atomic E-state index is -4.08. The van der Waals surface area contributed by atoms with Gasteiger partial charge in [0.2, 0.25) is 0 Å². The van der Waals surface area contributed by atoms with Crippen LogP contribution in [0, 0.1) is 11.8 Å². The molecule has 2 aliphatic heterocycles. The second kappa shape index (κ2) is 10.3. The van der Waals surface area contributed by atoms with Crippen molar-refractivity contribution in [3.05, 3.63) is 52.5 Å². The van der Waals surface area contributed by atoms with Crippen molar-refractivity contribution >= 4 is 33.2 Å². The Morgan fingerprint density at radius 2 is 1.89 bits per heavy atom. The van der Waals surface area contributed by atoms with Crippen LogP contribution in [0.2, 0.25) is 5.02 Å². The lowest BCUT2D eigenvalue weighted by atomic mass is 9.69. The molecule has 4 aliphatic rings. The van der Waals surface area contributed by atoms with Crippen LogP contribution in [0.5, 0.6) is 5.75 Å². The van der Waals surface area contributed by atoms with Gasteiger partial charge < -0.3 is 19.1 Å². The van der Waals surface area contributed by atoms with E-state index in [4.69, 9.17) is 25.8 Å². The first-order valence-corrected chi connectivity index (χ1v) is 15.2. The number of ether oxygens (including phenoxy) is 3. The van der Waals surface area contributed by atoms with Crippen LogP contribution in [0.3, 0.4) is 0 Å². The van der Waals surface area contributed by atoms with Crippen LogP contribution >= 0.6 is 11.6 Å². The van der Waals surface area contributed by atoms with Gasteiger partial charge in [0.15, 0.2) is 0 Å². The Hall–Kier alpha value is -2.33. The highest BCUT2D eigenvalue weighted by Gasteiger charge is 2.43. The lowest BCUT2D eigenvalue weighted by Crippen LogP contribution is -2.48. The number of hydrogen-bond donors (Lipinski definition) is 1. The van der Waals surface area contributed by atoms with Crippen molar-refractivity contribution in [2.45, 2.75) is 42.4 Å². The highest BCUT2D eigenvalue weighted by atomic mass is 35.5. The fourth-order valence-electron chi connectivity index (χ4n) is 6.40. The van der Waals surface area contributed by atoms with E-state index in [-0.39, 0.29) is 23.5 Å². The maximum absolute atomic E-state index is 13.1. The fraction of sp³-hybridized carbons (Fsp3) is 0.536. The zero-order valence-corrected chi connectivity index (χ0v) is 22.9. The number of aryl methyl sites for hydroxylation is 1. The zero-order chi connectivity index (χ0) is 26.3. The molecule has 204 valence electrons. The van der Waals surface area contributed by atoms with E-state index in [0.29, 0.717) is 44.0 Å². The maximum atomic E-state index is 13.1. The fourth-order valence-corrected chi connectivity index (χ4v) is 7.58. The summed E-state index contributed by atoms with van der Waals surface area (Å²) in [5.41, 5.74) is 3.03. The SMILES string of the molecule is O=C1COCCOC[C@@H]2CC[C@H]2CN2C[C@@]3(CCCc4cc(Cl)ccc43)COc3ccc(cc32)S(=O)(=O)N1. The van der Waals surface area contributed by atoms with Gasteiger partial charge in [-0.3, -0.25) is 4.79 Å². The molecule has 8 nitrogen and oxygen atoms in total. The Morgan fingerprint density at radius 1 is 1.05 bits per heavy atom. The molecule has 0 aromatic heterocycles. The molecule has 10 heteroatoms. The lowest BCUT2D eigenvalue weighted by Gasteiger charge is -2.44. The second-order valence-corrected chi connectivity index (χ2v) is 13.1. The molecule has 0 saturated heterocycles. The summed E-state index contributed by atoms with van der Waals surface area (Å²) >= 11 is 6.35. The molecule has 0 radical (unpaired) electrons. The average molecular weight is 561 g/mol. The van der Waals surface area contributed by atoms with Crippen molar-refractivity contribution in [3.8, 4) is 5.75 Å². The number of rotatable bonds is 0. The summed E-state index contributed by atoms with van der Waals surface area (Å²) in [6, 6.07) is 11.0. The summed E-state index contributed by atoms with van der Waals surface area (Å²) in [5.74, 6) is 0.805. The summed E-state index contributed by atoms with van der Waals surface area (Å²) in [7, 11) is -4.08. The molecule has 0 unspecified atom stereocenters. The van der Waals surface area contributed by atoms with Gasteiger partial charge in [-0.1, -0.05) is 17.7 Å². The number of sulfonamides is 1. The molecule has 2 aromatic rings. The lowest BCUT2D eigenvalue weighted by molar-refractivity contribution is -0.124. The number of carbonyl (C=O) groups excluding carboxylic acids is 1. The van der Waals surface area contributed by atoms with Crippen molar-refractivity contribution in [1.82, 2.24) is 4.72 Å². The van der Waals surface area contributed by atoms with Crippen LogP contribution < -0.4 is 14.4 Å². The number of nitrogens with zero attached hydrogens (tertiary/aromatic N) is 1. The van der Waals surface area contributed by atoms with E-state index in [0.717, 1.165) is 49.4 Å². The van der Waals surface area contributed by atoms with E-state index in [1.807, 2.05) is 6.07 Å². The molecule has 1 fully saturated rings. The largest absolute Gasteiger partial charge is 0.490 e. The molecule has 2 aliphatic carbocycles. The number of benzene rings is 2. The van der Waals surface area contributed by atoms with E-state index in [1.165, 1.54) is 17.2 Å². The van der Waals surface area contributed by atoms with Crippen LogP contribution in [0.1, 0.15) is 36.8 Å². The summed E-state index contributed by atoms with van der Waals surface area (Å²) in [4.78, 5) is 14.6. The van der Waals surface area contributed by atoms with Gasteiger partial charge >= 0.3 is 0 Å². The first-order valence-electron chi connectivity index (χ1n) is 13.3. The Morgan fingerprint density at radius 3 is 2.74 bits per heavy atom. The predicted molar refractivity (Wildman–Crippen MR) is 143 cm³/mol. The van der Waals surface area contributed by atoms with Gasteiger partial charge in [-0.05, 0) is 85.4 Å². The highest BCUT2D eigenvalue weighted by Crippen LogP contribution is 2.46. The van der Waals surface area contributed by atoms with E-state index in [2.05, 4.69) is 21.8 Å². The van der Waals surface area contributed by atoms with Crippen molar-refractivity contribution < 1.29 is 27.4 Å². The van der Waals surface area contributed by atoms with Crippen molar-refractivity contribution in [2.75, 3.05) is 51.0 Å². The summed E-state index contributed by atoms with van der Waals surface area (Å²) in [6.45, 7) is 2.90. The van der Waals surface area contributed by atoms with Crippen LogP contribution in [0.25, 0.3) is 0 Å². The molecule has 1 amide bonds. The zero-order valence-electron chi connectivity index (χ0n) is 21.3. The maximum Gasteiger partial charge on any atom is 0.264 e. The molecule has 6 rings (SSSR count). The first kappa shape index (κ1) is 25.9. The van der Waals surface area contributed by atoms with Crippen LogP contribution in [0.15, 0.2) is 41.3 Å². The molecular formula is C28H33ClN2O6S. The highest BCUT2D eigenvalue weighted by molar-refractivity contribution is 7.90. The number of anilines is 1. The summed E-state index contributed by atoms with van der Waals surface area (Å²) < 4.78 is 46.0. The number of fused-ring (bicyclic) bond motifs is 4. The summed E-state index contributed by atoms with van der Waals surface area (Å²) in [6.07, 6.45) is 5.20. The van der Waals surface area contributed by atoms with Crippen molar-refractivity contribution in [2.24, 2.45) is 11.8 Å². The third-order valence-electron chi connectivity index (χ3n) is 8.53. The molecular weight excluding hydrogens is 528 g/mol. The minimum Gasteiger partial charge on any atom is -0.490 e. The van der Waals surface area contributed by atoms with Crippen LogP contribution in [0.4, 0.5) is 5.69 Å². The molecule has 2 aromatic carbocycles. The molecule has 1 N–H and O–H groups in total. The number of hydrogen-bond acceptors (Lipinski definition) is 7. The van der Waals surface area contributed by atoms with E-state index >= 15 is 0 Å². The monoisotopic (exact) mass is 560 g/mol. The Labute approximate surface area is 228 Å². The molecule has 38 heavy (non-hydrogen) atoms. The number of halogens is 1. The third kappa shape index (κ3) is 5.01. The van der Waals surface area contributed by atoms with Crippen LogP contribution in [-0.2, 0) is 36.1 Å². The number of carbonyl (C=O) groups is 1. The standard InChI is InChI=1S/C28H33ClN2O6S/c29-22-5-7-24-19(12-22)2-1-9-28(24)17-31-14-20-3-4-21(20)15-35-10-11-36-16-27(32)30-38(33,34)23-6-8-26(37-18-28)25(31)13-23/h5-8,12-13,20-21H,1-4,9-11,14-18H2,(H,30,32)/t20-,21-,28-/m0/s1. The van der Waals surface area contributed by atoms with E-state index in [9.17, 15) is 13.2 Å². The normalized spacial score (nSPS) is 29.2. The van der Waals surface area contributed by atoms with E-state index in [1.54, 1.807) is 12.1 Å². The van der Waals surface area contributed by atoms with Crippen LogP contribution in [-0.4, -0.2) is 60.4 Å². The Bertz CT molecular complexity index is 1330. The second-order valence-electron chi connectivity index (χ2n) is 11.0. The Kier molecular flexibility index (Phi) is 7.05. The molecule has 3 atom stereocenters. The molecule has 2 bridgehead atoms. The van der Waals surface area contributed by atoms with Crippen molar-refractivity contribution in [3.63, 3.8) is 0 Å².